The van der Waals surface area contributed by atoms with E-state index < -0.39 is 0 Å². The molecule has 76 valence electrons. The van der Waals surface area contributed by atoms with Gasteiger partial charge in [0.05, 0.1) is 0 Å². The normalized spacial score (nSPS) is 28.6. The van der Waals surface area contributed by atoms with Crippen LogP contribution in [0.25, 0.3) is 0 Å². The number of rotatable bonds is 4. The second kappa shape index (κ2) is 4.83. The molecule has 0 aromatic rings. The van der Waals surface area contributed by atoms with Gasteiger partial charge < -0.3 is 0 Å². The largest absolute Gasteiger partial charge is 0.0705 e. The molecule has 0 aliphatic heterocycles. The summed E-state index contributed by atoms with van der Waals surface area (Å²) in [6, 6.07) is 0. The highest BCUT2D eigenvalue weighted by Crippen LogP contribution is 2.40. The molecule has 0 spiro atoms. The molecule has 1 aliphatic rings. The standard InChI is InChI=1S/C13H24/c1-5-7-12-9-10(3)11(4)13(12)8-6-2/h10-11H,5-9H2,1-4H3/t10-,11+/m0/s1. The Labute approximate surface area is 83.4 Å². The zero-order valence-corrected chi connectivity index (χ0v) is 9.69. The van der Waals surface area contributed by atoms with Gasteiger partial charge in [-0.25, -0.2) is 0 Å². The molecule has 1 rings (SSSR count). The fraction of sp³-hybridized carbons (Fsp3) is 0.846. The molecule has 0 radical (unpaired) electrons. The van der Waals surface area contributed by atoms with Crippen molar-refractivity contribution >= 4 is 0 Å². The minimum atomic E-state index is 0.862. The summed E-state index contributed by atoms with van der Waals surface area (Å²) in [5, 5.41) is 0. The first-order valence-corrected chi connectivity index (χ1v) is 5.91. The van der Waals surface area contributed by atoms with Crippen LogP contribution in [-0.4, -0.2) is 0 Å². The van der Waals surface area contributed by atoms with E-state index >= 15 is 0 Å². The fourth-order valence-corrected chi connectivity index (χ4v) is 2.60. The summed E-state index contributed by atoms with van der Waals surface area (Å²) in [5.74, 6) is 1.77. The Balaban J connectivity index is 2.70. The van der Waals surface area contributed by atoms with Crippen molar-refractivity contribution < 1.29 is 0 Å². The summed E-state index contributed by atoms with van der Waals surface area (Å²) in [4.78, 5) is 0. The summed E-state index contributed by atoms with van der Waals surface area (Å²) < 4.78 is 0. The van der Waals surface area contributed by atoms with E-state index in [1.807, 2.05) is 0 Å². The van der Waals surface area contributed by atoms with Gasteiger partial charge in [0.25, 0.3) is 0 Å². The van der Waals surface area contributed by atoms with Gasteiger partial charge in [-0.05, 0) is 31.1 Å². The second-order valence-electron chi connectivity index (χ2n) is 4.60. The number of hydrogen-bond acceptors (Lipinski definition) is 0. The lowest BCUT2D eigenvalue weighted by molar-refractivity contribution is 0.468. The van der Waals surface area contributed by atoms with Gasteiger partial charge in [0.1, 0.15) is 0 Å². The Bertz CT molecular complexity index is 188. The van der Waals surface area contributed by atoms with Gasteiger partial charge in [-0.15, -0.1) is 0 Å². The van der Waals surface area contributed by atoms with Crippen molar-refractivity contribution in [2.75, 3.05) is 0 Å². The molecule has 0 bridgehead atoms. The summed E-state index contributed by atoms with van der Waals surface area (Å²) in [6.07, 6.45) is 6.72. The van der Waals surface area contributed by atoms with Crippen molar-refractivity contribution in [3.8, 4) is 0 Å². The molecule has 1 aliphatic carbocycles. The second-order valence-corrected chi connectivity index (χ2v) is 4.60. The molecule has 0 heterocycles. The van der Waals surface area contributed by atoms with E-state index in [1.54, 1.807) is 11.1 Å². The monoisotopic (exact) mass is 180 g/mol. The maximum atomic E-state index is 2.42. The third-order valence-electron chi connectivity index (χ3n) is 3.50. The highest BCUT2D eigenvalue weighted by Gasteiger charge is 2.26. The molecule has 0 fully saturated rings. The third-order valence-corrected chi connectivity index (χ3v) is 3.50. The van der Waals surface area contributed by atoms with Crippen molar-refractivity contribution in [1.29, 1.82) is 0 Å². The maximum absolute atomic E-state index is 2.42. The molecule has 13 heavy (non-hydrogen) atoms. The molecule has 0 nitrogen and oxygen atoms in total. The predicted octanol–water partition coefficient (Wildman–Crippen LogP) is 4.56. The van der Waals surface area contributed by atoms with Crippen LogP contribution in [0.5, 0.6) is 0 Å². The highest BCUT2D eigenvalue weighted by molar-refractivity contribution is 5.23. The van der Waals surface area contributed by atoms with Gasteiger partial charge >= 0.3 is 0 Å². The van der Waals surface area contributed by atoms with Crippen LogP contribution >= 0.6 is 0 Å². The molecule has 0 unspecified atom stereocenters. The van der Waals surface area contributed by atoms with E-state index in [0.717, 1.165) is 11.8 Å². The maximum Gasteiger partial charge on any atom is -0.0200 e. The Kier molecular flexibility index (Phi) is 4.02. The fourth-order valence-electron chi connectivity index (χ4n) is 2.60. The molecule has 0 saturated heterocycles. The predicted molar refractivity (Wildman–Crippen MR) is 59.8 cm³/mol. The van der Waals surface area contributed by atoms with Crippen LogP contribution in [0.1, 0.15) is 59.8 Å². The molecule has 0 heteroatoms. The summed E-state index contributed by atoms with van der Waals surface area (Å²) in [6.45, 7) is 9.41. The minimum Gasteiger partial charge on any atom is -0.0705 e. The average molecular weight is 180 g/mol. The Hall–Kier alpha value is -0.260. The summed E-state index contributed by atoms with van der Waals surface area (Å²) in [7, 11) is 0. The molecular formula is C13H24. The van der Waals surface area contributed by atoms with E-state index in [2.05, 4.69) is 27.7 Å². The van der Waals surface area contributed by atoms with Gasteiger partial charge in [-0.2, -0.15) is 0 Å². The number of hydrogen-bond donors (Lipinski definition) is 0. The zero-order valence-electron chi connectivity index (χ0n) is 9.69. The first kappa shape index (κ1) is 10.8. The third kappa shape index (κ3) is 2.36. The average Bonchev–Trinajstić information content (AvgIpc) is 2.34. The quantitative estimate of drug-likeness (QED) is 0.556. The van der Waals surface area contributed by atoms with Crippen LogP contribution in [0.2, 0.25) is 0 Å². The Morgan fingerprint density at radius 2 is 1.69 bits per heavy atom. The van der Waals surface area contributed by atoms with Gasteiger partial charge in [0.2, 0.25) is 0 Å². The van der Waals surface area contributed by atoms with Crippen LogP contribution in [0.3, 0.4) is 0 Å². The van der Waals surface area contributed by atoms with Crippen LogP contribution in [0.4, 0.5) is 0 Å². The number of allylic oxidation sites excluding steroid dienone is 2. The van der Waals surface area contributed by atoms with Crippen molar-refractivity contribution in [2.24, 2.45) is 11.8 Å². The van der Waals surface area contributed by atoms with E-state index in [1.165, 1.54) is 32.1 Å². The van der Waals surface area contributed by atoms with E-state index in [4.69, 9.17) is 0 Å². The first-order valence-electron chi connectivity index (χ1n) is 5.91. The van der Waals surface area contributed by atoms with Crippen LogP contribution in [0, 0.1) is 11.8 Å². The van der Waals surface area contributed by atoms with E-state index in [0.29, 0.717) is 0 Å². The Morgan fingerprint density at radius 3 is 2.23 bits per heavy atom. The molecule has 0 N–H and O–H groups in total. The zero-order chi connectivity index (χ0) is 9.84. The summed E-state index contributed by atoms with van der Waals surface area (Å²) in [5.41, 5.74) is 3.60. The molecule has 0 aromatic heterocycles. The lowest BCUT2D eigenvalue weighted by Gasteiger charge is -2.13. The highest BCUT2D eigenvalue weighted by atomic mass is 14.3. The van der Waals surface area contributed by atoms with Gasteiger partial charge in [-0.1, -0.05) is 51.7 Å². The van der Waals surface area contributed by atoms with E-state index in [9.17, 15) is 0 Å². The van der Waals surface area contributed by atoms with Crippen LogP contribution < -0.4 is 0 Å². The Morgan fingerprint density at radius 1 is 1.08 bits per heavy atom. The van der Waals surface area contributed by atoms with Gasteiger partial charge in [0, 0.05) is 0 Å². The lowest BCUT2D eigenvalue weighted by atomic mass is 9.92. The molecule has 2 atom stereocenters. The van der Waals surface area contributed by atoms with E-state index in [-0.39, 0.29) is 0 Å². The van der Waals surface area contributed by atoms with Crippen LogP contribution in [0.15, 0.2) is 11.1 Å². The minimum absolute atomic E-state index is 0.862. The smallest absolute Gasteiger partial charge is 0.0200 e. The molecule has 0 aromatic carbocycles. The topological polar surface area (TPSA) is 0 Å². The SMILES string of the molecule is CCCC1=C(CCC)[C@H](C)[C@@H](C)C1. The lowest BCUT2D eigenvalue weighted by Crippen LogP contribution is -2.02. The van der Waals surface area contributed by atoms with Crippen molar-refractivity contribution in [3.63, 3.8) is 0 Å². The molecular weight excluding hydrogens is 156 g/mol. The molecule has 0 amide bonds. The van der Waals surface area contributed by atoms with Gasteiger partial charge in [0.15, 0.2) is 0 Å². The van der Waals surface area contributed by atoms with Gasteiger partial charge in [-0.3, -0.25) is 0 Å². The van der Waals surface area contributed by atoms with Crippen molar-refractivity contribution in [3.05, 3.63) is 11.1 Å². The molecule has 0 saturated carbocycles. The van der Waals surface area contributed by atoms with Crippen LogP contribution in [-0.2, 0) is 0 Å². The first-order chi connectivity index (χ1) is 6.20. The summed E-state index contributed by atoms with van der Waals surface area (Å²) >= 11 is 0. The van der Waals surface area contributed by atoms with Crippen molar-refractivity contribution in [2.45, 2.75) is 59.8 Å². The van der Waals surface area contributed by atoms with Crippen molar-refractivity contribution in [1.82, 2.24) is 0 Å².